The molecule has 0 spiro atoms. The van der Waals surface area contributed by atoms with Gasteiger partial charge in [0.15, 0.2) is 0 Å². The van der Waals surface area contributed by atoms with Crippen molar-refractivity contribution in [1.82, 2.24) is 15.3 Å². The molecule has 0 saturated carbocycles. The van der Waals surface area contributed by atoms with Crippen molar-refractivity contribution in [3.05, 3.63) is 74.3 Å². The summed E-state index contributed by atoms with van der Waals surface area (Å²) in [5.41, 5.74) is 5.96. The molecule has 2 aromatic heterocycles. The van der Waals surface area contributed by atoms with Gasteiger partial charge in [-0.05, 0) is 56.5 Å². The molecule has 0 aliphatic carbocycles. The van der Waals surface area contributed by atoms with Crippen molar-refractivity contribution in [2.45, 2.75) is 40.7 Å². The maximum absolute atomic E-state index is 12.5. The van der Waals surface area contributed by atoms with Crippen LogP contribution in [0.2, 0.25) is 0 Å². The number of aryl methyl sites for hydroxylation is 4. The topological polar surface area (TPSA) is 74.8 Å². The van der Waals surface area contributed by atoms with Gasteiger partial charge >= 0.3 is 0 Å². The first-order valence-corrected chi connectivity index (χ1v) is 8.67. The Morgan fingerprint density at radius 1 is 1.12 bits per heavy atom. The highest BCUT2D eigenvalue weighted by Crippen LogP contribution is 2.22. The highest BCUT2D eigenvalue weighted by molar-refractivity contribution is 5.86. The van der Waals surface area contributed by atoms with Gasteiger partial charge in [0.05, 0.1) is 11.9 Å². The Morgan fingerprint density at radius 2 is 1.85 bits per heavy atom. The first-order chi connectivity index (χ1) is 12.4. The predicted molar refractivity (Wildman–Crippen MR) is 103 cm³/mol. The van der Waals surface area contributed by atoms with Crippen molar-refractivity contribution in [1.29, 1.82) is 0 Å². The number of benzene rings is 1. The first-order valence-electron chi connectivity index (χ1n) is 8.67. The van der Waals surface area contributed by atoms with E-state index in [1.165, 1.54) is 0 Å². The number of para-hydroxylation sites is 1. The van der Waals surface area contributed by atoms with Gasteiger partial charge in [-0.3, -0.25) is 14.6 Å². The number of pyridine rings is 2. The number of carbonyl (C=O) groups is 1. The summed E-state index contributed by atoms with van der Waals surface area (Å²) in [6.07, 6.45) is 0.248. The molecule has 5 nitrogen and oxygen atoms in total. The smallest absolute Gasteiger partial charge is 0.253 e. The SMILES string of the molecule is Cc1cc(C)c(CNC(=O)Cc2c(C)nc3ccccc3c2C)c(=O)[nH]1. The van der Waals surface area contributed by atoms with Crippen LogP contribution < -0.4 is 10.9 Å². The average Bonchev–Trinajstić information content (AvgIpc) is 2.57. The van der Waals surface area contributed by atoms with Gasteiger partial charge in [0.1, 0.15) is 0 Å². The van der Waals surface area contributed by atoms with Crippen LogP contribution in [0.5, 0.6) is 0 Å². The van der Waals surface area contributed by atoms with Gasteiger partial charge < -0.3 is 10.3 Å². The molecule has 0 atom stereocenters. The minimum absolute atomic E-state index is 0.118. The third-order valence-corrected chi connectivity index (χ3v) is 4.78. The van der Waals surface area contributed by atoms with E-state index in [9.17, 15) is 9.59 Å². The van der Waals surface area contributed by atoms with Crippen LogP contribution in [0, 0.1) is 27.7 Å². The van der Waals surface area contributed by atoms with Gasteiger partial charge in [0, 0.05) is 28.9 Å². The molecule has 2 N–H and O–H groups in total. The third kappa shape index (κ3) is 3.52. The number of carbonyl (C=O) groups excluding carboxylic acids is 1. The number of nitrogens with zero attached hydrogens (tertiary/aromatic N) is 1. The van der Waals surface area contributed by atoms with Crippen molar-refractivity contribution in [3.63, 3.8) is 0 Å². The van der Waals surface area contributed by atoms with E-state index in [2.05, 4.69) is 15.3 Å². The fourth-order valence-corrected chi connectivity index (χ4v) is 3.34. The fraction of sp³-hybridized carbons (Fsp3) is 0.286. The molecular formula is C21H23N3O2. The van der Waals surface area contributed by atoms with E-state index < -0.39 is 0 Å². The summed E-state index contributed by atoms with van der Waals surface area (Å²) in [6, 6.07) is 9.84. The number of hydrogen-bond acceptors (Lipinski definition) is 3. The Morgan fingerprint density at radius 3 is 2.58 bits per heavy atom. The lowest BCUT2D eigenvalue weighted by Crippen LogP contribution is -2.29. The van der Waals surface area contributed by atoms with Gasteiger partial charge in [0.25, 0.3) is 5.56 Å². The number of nitrogens with one attached hydrogen (secondary N) is 2. The minimum Gasteiger partial charge on any atom is -0.352 e. The molecule has 3 rings (SSSR count). The van der Waals surface area contributed by atoms with Gasteiger partial charge in [0.2, 0.25) is 5.91 Å². The zero-order chi connectivity index (χ0) is 18.8. The van der Waals surface area contributed by atoms with E-state index in [4.69, 9.17) is 0 Å². The maximum atomic E-state index is 12.5. The predicted octanol–water partition coefficient (Wildman–Crippen LogP) is 3.02. The molecular weight excluding hydrogens is 326 g/mol. The largest absolute Gasteiger partial charge is 0.352 e. The molecule has 0 bridgehead atoms. The molecule has 0 radical (unpaired) electrons. The average molecular weight is 349 g/mol. The zero-order valence-corrected chi connectivity index (χ0v) is 15.6. The summed E-state index contributed by atoms with van der Waals surface area (Å²) >= 11 is 0. The second-order valence-electron chi connectivity index (χ2n) is 6.71. The van der Waals surface area contributed by atoms with Crippen molar-refractivity contribution >= 4 is 16.8 Å². The minimum atomic E-state index is -0.150. The second-order valence-corrected chi connectivity index (χ2v) is 6.71. The van der Waals surface area contributed by atoms with Crippen LogP contribution in [0.3, 0.4) is 0 Å². The van der Waals surface area contributed by atoms with E-state index in [1.54, 1.807) is 0 Å². The van der Waals surface area contributed by atoms with Crippen molar-refractivity contribution in [2.75, 3.05) is 0 Å². The fourth-order valence-electron chi connectivity index (χ4n) is 3.34. The van der Waals surface area contributed by atoms with Gasteiger partial charge in [-0.25, -0.2) is 0 Å². The monoisotopic (exact) mass is 349 g/mol. The maximum Gasteiger partial charge on any atom is 0.253 e. The number of rotatable bonds is 4. The number of H-pyrrole nitrogens is 1. The van der Waals surface area contributed by atoms with Crippen LogP contribution in [-0.4, -0.2) is 15.9 Å². The summed E-state index contributed by atoms with van der Waals surface area (Å²) in [7, 11) is 0. The van der Waals surface area contributed by atoms with Crippen molar-refractivity contribution in [2.24, 2.45) is 0 Å². The first kappa shape index (κ1) is 17.9. The summed E-state index contributed by atoms with van der Waals surface area (Å²) in [6.45, 7) is 7.89. The summed E-state index contributed by atoms with van der Waals surface area (Å²) < 4.78 is 0. The zero-order valence-electron chi connectivity index (χ0n) is 15.6. The molecule has 0 aliphatic rings. The Balaban J connectivity index is 1.79. The molecule has 26 heavy (non-hydrogen) atoms. The molecule has 2 heterocycles. The van der Waals surface area contributed by atoms with Crippen molar-refractivity contribution < 1.29 is 4.79 Å². The quantitative estimate of drug-likeness (QED) is 0.760. The van der Waals surface area contributed by atoms with E-state index in [0.29, 0.717) is 5.56 Å². The van der Waals surface area contributed by atoms with E-state index in [-0.39, 0.29) is 24.4 Å². The Labute approximate surface area is 152 Å². The third-order valence-electron chi connectivity index (χ3n) is 4.78. The summed E-state index contributed by atoms with van der Waals surface area (Å²) in [5.74, 6) is -0.118. The number of amides is 1. The number of aromatic nitrogens is 2. The van der Waals surface area contributed by atoms with Crippen LogP contribution >= 0.6 is 0 Å². The normalized spacial score (nSPS) is 10.9. The number of hydrogen-bond donors (Lipinski definition) is 2. The van der Waals surface area contributed by atoms with E-state index in [0.717, 1.165) is 39.0 Å². The number of fused-ring (bicyclic) bond motifs is 1. The lowest BCUT2D eigenvalue weighted by Gasteiger charge is -2.13. The molecule has 1 amide bonds. The molecule has 0 unspecified atom stereocenters. The van der Waals surface area contributed by atoms with Crippen LogP contribution in [-0.2, 0) is 17.8 Å². The molecule has 1 aromatic carbocycles. The second kappa shape index (κ2) is 7.12. The van der Waals surface area contributed by atoms with Gasteiger partial charge in [-0.1, -0.05) is 18.2 Å². The van der Waals surface area contributed by atoms with Crippen LogP contribution in [0.4, 0.5) is 0 Å². The van der Waals surface area contributed by atoms with Gasteiger partial charge in [-0.2, -0.15) is 0 Å². The Kier molecular flexibility index (Phi) is 4.89. The Bertz CT molecular complexity index is 1050. The highest BCUT2D eigenvalue weighted by atomic mass is 16.1. The summed E-state index contributed by atoms with van der Waals surface area (Å²) in [4.78, 5) is 31.9. The molecule has 0 aliphatic heterocycles. The van der Waals surface area contributed by atoms with Gasteiger partial charge in [-0.15, -0.1) is 0 Å². The molecule has 3 aromatic rings. The highest BCUT2D eigenvalue weighted by Gasteiger charge is 2.14. The van der Waals surface area contributed by atoms with Crippen LogP contribution in [0.15, 0.2) is 35.1 Å². The van der Waals surface area contributed by atoms with E-state index in [1.807, 2.05) is 58.0 Å². The van der Waals surface area contributed by atoms with Crippen LogP contribution in [0.25, 0.3) is 10.9 Å². The Hall–Kier alpha value is -2.95. The standard InChI is InChI=1S/C21H23N3O2/c1-12-9-13(2)23-21(26)18(12)11-22-20(25)10-17-14(3)16-7-5-6-8-19(16)24-15(17)4/h5-9H,10-11H2,1-4H3,(H,22,25)(H,23,26). The molecule has 0 saturated heterocycles. The van der Waals surface area contributed by atoms with Crippen molar-refractivity contribution in [3.8, 4) is 0 Å². The number of aromatic amines is 1. The lowest BCUT2D eigenvalue weighted by molar-refractivity contribution is -0.120. The molecule has 0 fully saturated rings. The lowest BCUT2D eigenvalue weighted by atomic mass is 9.99. The van der Waals surface area contributed by atoms with Crippen LogP contribution in [0.1, 0.15) is 33.6 Å². The van der Waals surface area contributed by atoms with E-state index >= 15 is 0 Å². The molecule has 134 valence electrons. The molecule has 5 heteroatoms. The summed E-state index contributed by atoms with van der Waals surface area (Å²) in [5, 5.41) is 3.93.